The molecule has 7 heteroatoms. The third-order valence-corrected chi connectivity index (χ3v) is 3.00. The van der Waals surface area contributed by atoms with Crippen molar-refractivity contribution < 1.29 is 9.53 Å². The van der Waals surface area contributed by atoms with Crippen LogP contribution in [0.4, 0.5) is 0 Å². The van der Waals surface area contributed by atoms with E-state index in [9.17, 15) is 4.79 Å². The third-order valence-electron chi connectivity index (χ3n) is 1.98. The highest BCUT2D eigenvalue weighted by Gasteiger charge is 2.12. The van der Waals surface area contributed by atoms with Crippen molar-refractivity contribution in [1.29, 1.82) is 0 Å². The summed E-state index contributed by atoms with van der Waals surface area (Å²) in [6.45, 7) is 0. The first kappa shape index (κ1) is 13.0. The van der Waals surface area contributed by atoms with Gasteiger partial charge in [-0.15, -0.1) is 5.10 Å². The van der Waals surface area contributed by atoms with Gasteiger partial charge in [0, 0.05) is 19.0 Å². The molecule has 1 atom stereocenters. The second kappa shape index (κ2) is 6.49. The molecule has 0 aliphatic heterocycles. The zero-order valence-corrected chi connectivity index (χ0v) is 10.2. The molecule has 0 fully saturated rings. The average Bonchev–Trinajstić information content (AvgIpc) is 2.69. The van der Waals surface area contributed by atoms with Gasteiger partial charge in [0.1, 0.15) is 6.04 Å². The Balaban J connectivity index is 2.14. The predicted molar refractivity (Wildman–Crippen MR) is 61.8 cm³/mol. The zero-order valence-electron chi connectivity index (χ0n) is 9.42. The molecule has 0 saturated carbocycles. The van der Waals surface area contributed by atoms with Crippen molar-refractivity contribution in [1.82, 2.24) is 15.0 Å². The molecule has 0 amide bonds. The fourth-order valence-electron chi connectivity index (χ4n) is 1.12. The molecule has 2 N–H and O–H groups in total. The van der Waals surface area contributed by atoms with Crippen LogP contribution >= 0.6 is 11.8 Å². The first-order valence-electron chi connectivity index (χ1n) is 4.90. The molecule has 1 rings (SSSR count). The highest BCUT2D eigenvalue weighted by molar-refractivity contribution is 7.98. The van der Waals surface area contributed by atoms with Crippen LogP contribution in [0.5, 0.6) is 0 Å². The van der Waals surface area contributed by atoms with Gasteiger partial charge in [-0.25, -0.2) is 0 Å². The quantitative estimate of drug-likeness (QED) is 0.557. The van der Waals surface area contributed by atoms with Crippen molar-refractivity contribution in [3.8, 4) is 0 Å². The number of carbonyl (C=O) groups is 1. The van der Waals surface area contributed by atoms with Gasteiger partial charge in [0.15, 0.2) is 0 Å². The molecule has 6 nitrogen and oxygen atoms in total. The Labute approximate surface area is 98.5 Å². The number of rotatable bonds is 6. The zero-order chi connectivity index (χ0) is 12.0. The van der Waals surface area contributed by atoms with E-state index in [0.717, 1.165) is 17.2 Å². The Morgan fingerprint density at radius 2 is 2.50 bits per heavy atom. The van der Waals surface area contributed by atoms with Crippen molar-refractivity contribution in [3.05, 3.63) is 11.9 Å². The standard InChI is InChI=1S/C9H16N4O2S/c1-13-5-7(11-12-13)6-16-4-3-8(10)9(14)15-2/h5,8H,3-4,6,10H2,1-2H3. The maximum absolute atomic E-state index is 11.0. The van der Waals surface area contributed by atoms with Crippen molar-refractivity contribution in [2.75, 3.05) is 12.9 Å². The van der Waals surface area contributed by atoms with Gasteiger partial charge in [-0.3, -0.25) is 9.48 Å². The predicted octanol–water partition coefficient (Wildman–Crippen LogP) is -0.0613. The summed E-state index contributed by atoms with van der Waals surface area (Å²) in [5.74, 6) is 1.22. The number of nitrogens with two attached hydrogens (primary N) is 1. The van der Waals surface area contributed by atoms with Crippen molar-refractivity contribution in [3.63, 3.8) is 0 Å². The van der Waals surface area contributed by atoms with Crippen LogP contribution in [0, 0.1) is 0 Å². The maximum Gasteiger partial charge on any atom is 0.322 e. The van der Waals surface area contributed by atoms with Crippen LogP contribution in [0.1, 0.15) is 12.1 Å². The molecule has 1 heterocycles. The number of carbonyl (C=O) groups excluding carboxylic acids is 1. The van der Waals surface area contributed by atoms with Crippen molar-refractivity contribution >= 4 is 17.7 Å². The molecule has 1 unspecified atom stereocenters. The second-order valence-electron chi connectivity index (χ2n) is 3.35. The lowest BCUT2D eigenvalue weighted by Crippen LogP contribution is -2.31. The third kappa shape index (κ3) is 4.19. The van der Waals surface area contributed by atoms with Gasteiger partial charge in [0.05, 0.1) is 12.8 Å². The van der Waals surface area contributed by atoms with E-state index in [1.807, 2.05) is 13.2 Å². The minimum absolute atomic E-state index is 0.361. The largest absolute Gasteiger partial charge is 0.468 e. The van der Waals surface area contributed by atoms with E-state index >= 15 is 0 Å². The number of methoxy groups -OCH3 is 1. The van der Waals surface area contributed by atoms with E-state index in [0.29, 0.717) is 6.42 Å². The summed E-state index contributed by atoms with van der Waals surface area (Å²) in [5, 5.41) is 7.78. The van der Waals surface area contributed by atoms with Gasteiger partial charge in [-0.05, 0) is 12.2 Å². The van der Waals surface area contributed by atoms with Gasteiger partial charge >= 0.3 is 5.97 Å². The van der Waals surface area contributed by atoms with Crippen LogP contribution in [-0.2, 0) is 22.3 Å². The SMILES string of the molecule is COC(=O)C(N)CCSCc1cn(C)nn1. The molecular formula is C9H16N4O2S. The van der Waals surface area contributed by atoms with Gasteiger partial charge in [0.2, 0.25) is 0 Å². The van der Waals surface area contributed by atoms with E-state index in [2.05, 4.69) is 15.0 Å². The lowest BCUT2D eigenvalue weighted by Gasteiger charge is -2.07. The lowest BCUT2D eigenvalue weighted by molar-refractivity contribution is -0.142. The van der Waals surface area contributed by atoms with Gasteiger partial charge in [-0.2, -0.15) is 11.8 Å². The molecule has 90 valence electrons. The summed E-state index contributed by atoms with van der Waals surface area (Å²) < 4.78 is 6.19. The molecule has 16 heavy (non-hydrogen) atoms. The van der Waals surface area contributed by atoms with Gasteiger partial charge < -0.3 is 10.5 Å². The van der Waals surface area contributed by atoms with Crippen LogP contribution < -0.4 is 5.73 Å². The Morgan fingerprint density at radius 1 is 1.75 bits per heavy atom. The molecular weight excluding hydrogens is 228 g/mol. The monoisotopic (exact) mass is 244 g/mol. The highest BCUT2D eigenvalue weighted by Crippen LogP contribution is 2.11. The average molecular weight is 244 g/mol. The Hall–Kier alpha value is -1.08. The Morgan fingerprint density at radius 3 is 3.06 bits per heavy atom. The van der Waals surface area contributed by atoms with Crippen LogP contribution in [-0.4, -0.2) is 39.9 Å². The number of aromatic nitrogens is 3. The van der Waals surface area contributed by atoms with Gasteiger partial charge in [-0.1, -0.05) is 5.21 Å². The first-order valence-corrected chi connectivity index (χ1v) is 6.05. The van der Waals surface area contributed by atoms with E-state index in [4.69, 9.17) is 5.73 Å². The molecule has 1 aromatic heterocycles. The number of hydrogen-bond donors (Lipinski definition) is 1. The summed E-state index contributed by atoms with van der Waals surface area (Å²) in [7, 11) is 3.17. The number of aryl methyl sites for hydroxylation is 1. The van der Waals surface area contributed by atoms with Crippen LogP contribution in [0.15, 0.2) is 6.20 Å². The Kier molecular flexibility index (Phi) is 5.27. The number of ether oxygens (including phenoxy) is 1. The molecule has 1 aromatic rings. The van der Waals surface area contributed by atoms with E-state index in [1.165, 1.54) is 7.11 Å². The number of esters is 1. The van der Waals surface area contributed by atoms with Crippen LogP contribution in [0.2, 0.25) is 0 Å². The Bertz CT molecular complexity index is 342. The smallest absolute Gasteiger partial charge is 0.322 e. The van der Waals surface area contributed by atoms with E-state index in [1.54, 1.807) is 16.4 Å². The maximum atomic E-state index is 11.0. The topological polar surface area (TPSA) is 83.0 Å². The van der Waals surface area contributed by atoms with E-state index in [-0.39, 0.29) is 5.97 Å². The summed E-state index contributed by atoms with van der Waals surface area (Å²) in [6, 6.07) is -0.528. The lowest BCUT2D eigenvalue weighted by atomic mass is 10.2. The molecule has 0 aromatic carbocycles. The fourth-order valence-corrected chi connectivity index (χ4v) is 2.02. The molecule has 0 radical (unpaired) electrons. The highest BCUT2D eigenvalue weighted by atomic mass is 32.2. The van der Waals surface area contributed by atoms with Crippen LogP contribution in [0.25, 0.3) is 0 Å². The van der Waals surface area contributed by atoms with Crippen molar-refractivity contribution in [2.45, 2.75) is 18.2 Å². The number of hydrogen-bond acceptors (Lipinski definition) is 6. The number of thioether (sulfide) groups is 1. The molecule has 0 aliphatic carbocycles. The van der Waals surface area contributed by atoms with E-state index < -0.39 is 6.04 Å². The van der Waals surface area contributed by atoms with Crippen molar-refractivity contribution in [2.24, 2.45) is 12.8 Å². The van der Waals surface area contributed by atoms with Crippen LogP contribution in [0.3, 0.4) is 0 Å². The summed E-state index contributed by atoms with van der Waals surface area (Å²) >= 11 is 1.67. The molecule has 0 saturated heterocycles. The number of nitrogens with zero attached hydrogens (tertiary/aromatic N) is 3. The second-order valence-corrected chi connectivity index (χ2v) is 4.46. The normalized spacial score (nSPS) is 12.4. The fraction of sp³-hybridized carbons (Fsp3) is 0.667. The molecule has 0 spiro atoms. The molecule has 0 aliphatic rings. The summed E-state index contributed by atoms with van der Waals surface area (Å²) in [4.78, 5) is 11.0. The minimum atomic E-state index is -0.528. The minimum Gasteiger partial charge on any atom is -0.468 e. The summed E-state index contributed by atoms with van der Waals surface area (Å²) in [6.07, 6.45) is 2.48. The molecule has 0 bridgehead atoms. The first-order chi connectivity index (χ1) is 7.63. The van der Waals surface area contributed by atoms with Gasteiger partial charge in [0.25, 0.3) is 0 Å². The summed E-state index contributed by atoms with van der Waals surface area (Å²) in [5.41, 5.74) is 6.52.